The van der Waals surface area contributed by atoms with Crippen molar-refractivity contribution in [3.8, 4) is 11.5 Å². The number of carbonyl (C=O) groups is 1. The Morgan fingerprint density at radius 2 is 1.88 bits per heavy atom. The van der Waals surface area contributed by atoms with Crippen LogP contribution in [0, 0.1) is 6.92 Å². The van der Waals surface area contributed by atoms with Crippen molar-refractivity contribution >= 4 is 23.1 Å². The van der Waals surface area contributed by atoms with Crippen LogP contribution in [0.15, 0.2) is 54.9 Å². The van der Waals surface area contributed by atoms with Crippen molar-refractivity contribution in [3.05, 3.63) is 66.1 Å². The smallest absolute Gasteiger partial charge is 0.275 e. The average Bonchev–Trinajstić information content (AvgIpc) is 3.12. The first kappa shape index (κ1) is 15.9. The second-order valence-electron chi connectivity index (χ2n) is 5.75. The Hall–Kier alpha value is -3.61. The molecule has 3 aromatic rings. The Balaban J connectivity index is 1.45. The maximum Gasteiger partial charge on any atom is 0.275 e. The fourth-order valence-electron chi connectivity index (χ4n) is 2.53. The molecule has 1 aliphatic rings. The molecule has 130 valence electrons. The van der Waals surface area contributed by atoms with Crippen LogP contribution in [-0.4, -0.2) is 22.7 Å². The summed E-state index contributed by atoms with van der Waals surface area (Å²) in [5.41, 5.74) is 2.77. The number of amides is 1. The molecule has 1 aromatic heterocycles. The first-order valence-electron chi connectivity index (χ1n) is 8.05. The van der Waals surface area contributed by atoms with Gasteiger partial charge < -0.3 is 20.1 Å². The van der Waals surface area contributed by atoms with Crippen molar-refractivity contribution < 1.29 is 14.3 Å². The number of aromatic nitrogens is 2. The summed E-state index contributed by atoms with van der Waals surface area (Å²) in [6, 6.07) is 13.1. The van der Waals surface area contributed by atoms with E-state index >= 15 is 0 Å². The summed E-state index contributed by atoms with van der Waals surface area (Å²) in [6.45, 7) is 2.16. The number of benzene rings is 2. The first-order chi connectivity index (χ1) is 12.7. The lowest BCUT2D eigenvalue weighted by Crippen LogP contribution is -2.15. The number of nitrogens with one attached hydrogen (secondary N) is 2. The molecular formula is C19H16N4O3. The molecule has 1 aliphatic heterocycles. The molecule has 0 unspecified atom stereocenters. The molecule has 1 amide bonds. The molecule has 0 atom stereocenters. The molecule has 0 spiro atoms. The summed E-state index contributed by atoms with van der Waals surface area (Å²) < 4.78 is 10.6. The van der Waals surface area contributed by atoms with Gasteiger partial charge >= 0.3 is 0 Å². The van der Waals surface area contributed by atoms with E-state index in [1.54, 1.807) is 0 Å². The third-order valence-electron chi connectivity index (χ3n) is 3.92. The van der Waals surface area contributed by atoms with Crippen molar-refractivity contribution in [2.24, 2.45) is 0 Å². The van der Waals surface area contributed by atoms with E-state index in [0.717, 1.165) is 16.9 Å². The average molecular weight is 348 g/mol. The van der Waals surface area contributed by atoms with Crippen LogP contribution in [-0.2, 0) is 0 Å². The predicted molar refractivity (Wildman–Crippen MR) is 97.0 cm³/mol. The number of nitrogens with zero attached hydrogens (tertiary/aromatic N) is 2. The highest BCUT2D eigenvalue weighted by molar-refractivity contribution is 6.03. The van der Waals surface area contributed by atoms with E-state index in [2.05, 4.69) is 20.6 Å². The van der Waals surface area contributed by atoms with Crippen LogP contribution in [0.1, 0.15) is 16.1 Å². The number of carbonyl (C=O) groups excluding carboxylic acids is 1. The Morgan fingerprint density at radius 3 is 2.69 bits per heavy atom. The third-order valence-corrected chi connectivity index (χ3v) is 3.92. The minimum absolute atomic E-state index is 0.225. The van der Waals surface area contributed by atoms with Gasteiger partial charge in [-0.05, 0) is 30.7 Å². The van der Waals surface area contributed by atoms with Gasteiger partial charge in [0.2, 0.25) is 6.79 Å². The first-order valence-corrected chi connectivity index (χ1v) is 8.05. The van der Waals surface area contributed by atoms with Gasteiger partial charge in [0.25, 0.3) is 5.91 Å². The van der Waals surface area contributed by atoms with E-state index in [-0.39, 0.29) is 18.4 Å². The van der Waals surface area contributed by atoms with Gasteiger partial charge in [0.1, 0.15) is 11.5 Å². The second kappa shape index (κ2) is 6.72. The van der Waals surface area contributed by atoms with Crippen LogP contribution in [0.5, 0.6) is 11.5 Å². The summed E-state index contributed by atoms with van der Waals surface area (Å²) in [5, 5.41) is 5.95. The number of hydrogen-bond acceptors (Lipinski definition) is 6. The summed E-state index contributed by atoms with van der Waals surface area (Å²) in [6.07, 6.45) is 2.94. The van der Waals surface area contributed by atoms with Gasteiger partial charge in [-0.1, -0.05) is 18.2 Å². The van der Waals surface area contributed by atoms with Crippen molar-refractivity contribution in [3.63, 3.8) is 0 Å². The van der Waals surface area contributed by atoms with Gasteiger partial charge in [0, 0.05) is 17.4 Å². The lowest BCUT2D eigenvalue weighted by atomic mass is 10.2. The number of rotatable bonds is 4. The van der Waals surface area contributed by atoms with E-state index in [0.29, 0.717) is 17.3 Å². The Labute approximate surface area is 150 Å². The van der Waals surface area contributed by atoms with Gasteiger partial charge in [-0.15, -0.1) is 0 Å². The van der Waals surface area contributed by atoms with Gasteiger partial charge in [0.15, 0.2) is 11.5 Å². The number of aryl methyl sites for hydroxylation is 1. The Kier molecular flexibility index (Phi) is 4.10. The van der Waals surface area contributed by atoms with E-state index in [1.165, 1.54) is 12.4 Å². The molecule has 0 fully saturated rings. The van der Waals surface area contributed by atoms with Crippen LogP contribution in [0.3, 0.4) is 0 Å². The lowest BCUT2D eigenvalue weighted by Gasteiger charge is -2.09. The molecule has 7 nitrogen and oxygen atoms in total. The molecule has 0 aliphatic carbocycles. The van der Waals surface area contributed by atoms with Crippen molar-refractivity contribution in [1.29, 1.82) is 0 Å². The standard InChI is InChI=1S/C19H16N4O3/c1-12-4-2-3-5-14(12)23-19(24)15-9-21-18(10-20-15)22-13-6-7-16-17(8-13)26-11-25-16/h2-10H,11H2,1H3,(H,21,22)(H,23,24). The summed E-state index contributed by atoms with van der Waals surface area (Å²) >= 11 is 0. The summed E-state index contributed by atoms with van der Waals surface area (Å²) in [4.78, 5) is 20.7. The second-order valence-corrected chi connectivity index (χ2v) is 5.75. The normalized spacial score (nSPS) is 11.9. The number of hydrogen-bond donors (Lipinski definition) is 2. The van der Waals surface area contributed by atoms with Crippen LogP contribution >= 0.6 is 0 Å². The van der Waals surface area contributed by atoms with E-state index in [4.69, 9.17) is 9.47 Å². The number of fused-ring (bicyclic) bond motifs is 1. The van der Waals surface area contributed by atoms with Gasteiger partial charge in [-0.25, -0.2) is 9.97 Å². The van der Waals surface area contributed by atoms with Gasteiger partial charge in [-0.3, -0.25) is 4.79 Å². The fourth-order valence-corrected chi connectivity index (χ4v) is 2.53. The predicted octanol–water partition coefficient (Wildman–Crippen LogP) is 3.51. The van der Waals surface area contributed by atoms with E-state index in [1.807, 2.05) is 49.4 Å². The minimum atomic E-state index is -0.304. The van der Waals surface area contributed by atoms with Crippen molar-refractivity contribution in [2.75, 3.05) is 17.4 Å². The zero-order chi connectivity index (χ0) is 17.9. The van der Waals surface area contributed by atoms with Crippen LogP contribution in [0.25, 0.3) is 0 Å². The maximum atomic E-state index is 12.3. The van der Waals surface area contributed by atoms with Gasteiger partial charge in [-0.2, -0.15) is 0 Å². The molecule has 0 bridgehead atoms. The Morgan fingerprint density at radius 1 is 1.04 bits per heavy atom. The lowest BCUT2D eigenvalue weighted by molar-refractivity contribution is 0.102. The molecule has 0 saturated carbocycles. The Bertz CT molecular complexity index is 957. The topological polar surface area (TPSA) is 85.4 Å². The number of para-hydroxylation sites is 1. The molecule has 2 heterocycles. The highest BCUT2D eigenvalue weighted by Gasteiger charge is 2.14. The highest BCUT2D eigenvalue weighted by atomic mass is 16.7. The SMILES string of the molecule is Cc1ccccc1NC(=O)c1cnc(Nc2ccc3c(c2)OCO3)cn1. The highest BCUT2D eigenvalue weighted by Crippen LogP contribution is 2.34. The van der Waals surface area contributed by atoms with Gasteiger partial charge in [0.05, 0.1) is 12.4 Å². The molecule has 7 heteroatoms. The van der Waals surface area contributed by atoms with Crippen molar-refractivity contribution in [1.82, 2.24) is 9.97 Å². The van der Waals surface area contributed by atoms with E-state index < -0.39 is 0 Å². The largest absolute Gasteiger partial charge is 0.454 e. The quantitative estimate of drug-likeness (QED) is 0.750. The molecule has 2 aromatic carbocycles. The third kappa shape index (κ3) is 3.27. The van der Waals surface area contributed by atoms with E-state index in [9.17, 15) is 4.79 Å². The fraction of sp³-hybridized carbons (Fsp3) is 0.105. The molecule has 0 saturated heterocycles. The number of anilines is 3. The molecule has 26 heavy (non-hydrogen) atoms. The van der Waals surface area contributed by atoms with Crippen LogP contribution in [0.4, 0.5) is 17.2 Å². The van der Waals surface area contributed by atoms with Crippen molar-refractivity contribution in [2.45, 2.75) is 6.92 Å². The molecule has 0 radical (unpaired) electrons. The van der Waals surface area contributed by atoms with Crippen LogP contribution in [0.2, 0.25) is 0 Å². The summed E-state index contributed by atoms with van der Waals surface area (Å²) in [5.74, 6) is 1.61. The summed E-state index contributed by atoms with van der Waals surface area (Å²) in [7, 11) is 0. The number of ether oxygens (including phenoxy) is 2. The zero-order valence-corrected chi connectivity index (χ0v) is 14.0. The minimum Gasteiger partial charge on any atom is -0.454 e. The molecule has 4 rings (SSSR count). The molecule has 2 N–H and O–H groups in total. The molecular weight excluding hydrogens is 332 g/mol. The monoisotopic (exact) mass is 348 g/mol. The maximum absolute atomic E-state index is 12.3. The van der Waals surface area contributed by atoms with Crippen LogP contribution < -0.4 is 20.1 Å². The zero-order valence-electron chi connectivity index (χ0n) is 14.0.